The van der Waals surface area contributed by atoms with Crippen molar-refractivity contribution in [2.24, 2.45) is 0 Å². The zero-order chi connectivity index (χ0) is 16.5. The fourth-order valence-corrected chi connectivity index (χ4v) is 1.92. The minimum absolute atomic E-state index is 0.0358. The Hall–Kier alpha value is -2.51. The van der Waals surface area contributed by atoms with Gasteiger partial charge >= 0.3 is 5.97 Å². The van der Waals surface area contributed by atoms with Crippen molar-refractivity contribution in [3.8, 4) is 23.6 Å². The van der Waals surface area contributed by atoms with Crippen molar-refractivity contribution in [1.82, 2.24) is 0 Å². The first-order chi connectivity index (χ1) is 10.5. The van der Waals surface area contributed by atoms with Crippen LogP contribution in [0, 0.1) is 22.7 Å². The van der Waals surface area contributed by atoms with Crippen LogP contribution in [0.2, 0.25) is 0 Å². The zero-order valence-corrected chi connectivity index (χ0v) is 13.6. The molecule has 0 aliphatic rings. The summed E-state index contributed by atoms with van der Waals surface area (Å²) in [6.07, 6.45) is 1.43. The van der Waals surface area contributed by atoms with Crippen molar-refractivity contribution < 1.29 is 19.0 Å². The first-order valence-electron chi connectivity index (χ1n) is 6.23. The van der Waals surface area contributed by atoms with E-state index >= 15 is 0 Å². The summed E-state index contributed by atoms with van der Waals surface area (Å²) in [5, 5.41) is 17.6. The highest BCUT2D eigenvalue weighted by atomic mass is 79.9. The van der Waals surface area contributed by atoms with Gasteiger partial charge in [0.05, 0.1) is 13.7 Å². The Balaban J connectivity index is 3.18. The molecule has 6 nitrogen and oxygen atoms in total. The molecule has 7 heteroatoms. The number of rotatable bonds is 6. The number of ether oxygens (including phenoxy) is 3. The molecule has 1 aromatic carbocycles. The van der Waals surface area contributed by atoms with Crippen molar-refractivity contribution >= 4 is 28.0 Å². The predicted molar refractivity (Wildman–Crippen MR) is 82.0 cm³/mol. The van der Waals surface area contributed by atoms with Crippen molar-refractivity contribution in [2.75, 3.05) is 20.3 Å². The molecule has 0 atom stereocenters. The number of methoxy groups -OCH3 is 1. The third kappa shape index (κ3) is 4.80. The van der Waals surface area contributed by atoms with Gasteiger partial charge in [-0.05, 0) is 30.7 Å². The van der Waals surface area contributed by atoms with Crippen LogP contribution in [-0.4, -0.2) is 26.3 Å². The number of esters is 1. The number of carbonyl (C=O) groups is 1. The molecule has 0 bridgehead atoms. The second kappa shape index (κ2) is 8.71. The van der Waals surface area contributed by atoms with E-state index in [1.165, 1.54) is 13.2 Å². The van der Waals surface area contributed by atoms with Gasteiger partial charge in [0.2, 0.25) is 0 Å². The summed E-state index contributed by atoms with van der Waals surface area (Å²) in [6, 6.07) is 6.80. The number of halogens is 1. The maximum atomic E-state index is 11.1. The third-order valence-corrected chi connectivity index (χ3v) is 3.16. The molecule has 22 heavy (non-hydrogen) atoms. The van der Waals surface area contributed by atoms with Crippen LogP contribution >= 0.6 is 15.9 Å². The Morgan fingerprint density at radius 3 is 2.45 bits per heavy atom. The number of hydrogen-bond acceptors (Lipinski definition) is 6. The molecular weight excluding hydrogens is 352 g/mol. The van der Waals surface area contributed by atoms with Crippen LogP contribution < -0.4 is 9.47 Å². The Bertz CT molecular complexity index is 655. The van der Waals surface area contributed by atoms with Gasteiger partial charge in [0.15, 0.2) is 18.1 Å². The molecular formula is C15H13BrN2O4. The molecule has 0 spiro atoms. The van der Waals surface area contributed by atoms with E-state index in [0.717, 1.165) is 0 Å². The Kier molecular flexibility index (Phi) is 6.94. The number of benzene rings is 1. The Morgan fingerprint density at radius 1 is 1.27 bits per heavy atom. The normalized spacial score (nSPS) is 9.14. The molecule has 0 saturated carbocycles. The van der Waals surface area contributed by atoms with Crippen LogP contribution in [0.25, 0.3) is 6.08 Å². The van der Waals surface area contributed by atoms with Crippen LogP contribution in [0.5, 0.6) is 11.5 Å². The monoisotopic (exact) mass is 364 g/mol. The Morgan fingerprint density at radius 2 is 1.91 bits per heavy atom. The summed E-state index contributed by atoms with van der Waals surface area (Å²) in [5.74, 6) is 0.238. The first-order valence-corrected chi connectivity index (χ1v) is 7.02. The topological polar surface area (TPSA) is 92.3 Å². The fraction of sp³-hybridized carbons (Fsp3) is 0.267. The molecule has 0 heterocycles. The minimum atomic E-state index is -0.515. The molecule has 0 aliphatic carbocycles. The zero-order valence-electron chi connectivity index (χ0n) is 12.1. The van der Waals surface area contributed by atoms with E-state index in [0.29, 0.717) is 28.1 Å². The number of hydrogen-bond donors (Lipinski definition) is 0. The number of allylic oxidation sites excluding steroid dienone is 1. The molecule has 0 N–H and O–H groups in total. The van der Waals surface area contributed by atoms with Crippen LogP contribution in [0.1, 0.15) is 12.5 Å². The van der Waals surface area contributed by atoms with Crippen LogP contribution in [-0.2, 0) is 9.53 Å². The van der Waals surface area contributed by atoms with Gasteiger partial charge in [-0.15, -0.1) is 0 Å². The van der Waals surface area contributed by atoms with Gasteiger partial charge < -0.3 is 14.2 Å². The lowest BCUT2D eigenvalue weighted by molar-refractivity contribution is -0.142. The van der Waals surface area contributed by atoms with E-state index < -0.39 is 5.97 Å². The van der Waals surface area contributed by atoms with Gasteiger partial charge in [-0.3, -0.25) is 0 Å². The van der Waals surface area contributed by atoms with Gasteiger partial charge in [-0.1, -0.05) is 15.9 Å². The highest BCUT2D eigenvalue weighted by Crippen LogP contribution is 2.35. The molecule has 0 amide bonds. The van der Waals surface area contributed by atoms with E-state index in [4.69, 9.17) is 20.0 Å². The molecule has 0 aliphatic heterocycles. The molecule has 0 unspecified atom stereocenters. The van der Waals surface area contributed by atoms with Crippen LogP contribution in [0.4, 0.5) is 0 Å². The number of nitriles is 2. The lowest BCUT2D eigenvalue weighted by Gasteiger charge is -2.13. The number of carbonyl (C=O) groups excluding carboxylic acids is 1. The van der Waals surface area contributed by atoms with E-state index in [9.17, 15) is 4.79 Å². The maximum absolute atomic E-state index is 11.1. The van der Waals surface area contributed by atoms with Crippen LogP contribution in [0.3, 0.4) is 0 Å². The lowest BCUT2D eigenvalue weighted by Crippen LogP contribution is -2.13. The van der Waals surface area contributed by atoms with Crippen molar-refractivity contribution in [3.63, 3.8) is 0 Å². The maximum Gasteiger partial charge on any atom is 0.343 e. The molecule has 1 aromatic rings. The van der Waals surface area contributed by atoms with Gasteiger partial charge in [-0.2, -0.15) is 10.5 Å². The summed E-state index contributed by atoms with van der Waals surface area (Å²) in [7, 11) is 1.27. The van der Waals surface area contributed by atoms with Crippen molar-refractivity contribution in [1.29, 1.82) is 10.5 Å². The second-order valence-corrected chi connectivity index (χ2v) is 4.75. The molecule has 0 fully saturated rings. The average Bonchev–Trinajstić information content (AvgIpc) is 2.53. The third-order valence-electron chi connectivity index (χ3n) is 2.48. The summed E-state index contributed by atoms with van der Waals surface area (Å²) < 4.78 is 15.9. The van der Waals surface area contributed by atoms with E-state index in [2.05, 4.69) is 20.7 Å². The molecule has 0 aromatic heterocycles. The minimum Gasteiger partial charge on any atom is -0.490 e. The molecule has 0 saturated heterocycles. The molecule has 114 valence electrons. The quantitative estimate of drug-likeness (QED) is 0.569. The van der Waals surface area contributed by atoms with E-state index in [-0.39, 0.29) is 12.2 Å². The number of nitrogens with zero attached hydrogens (tertiary/aromatic N) is 2. The van der Waals surface area contributed by atoms with E-state index in [1.807, 2.05) is 0 Å². The fourth-order valence-electron chi connectivity index (χ4n) is 1.48. The van der Waals surface area contributed by atoms with Gasteiger partial charge in [-0.25, -0.2) is 4.79 Å². The van der Waals surface area contributed by atoms with E-state index in [1.54, 1.807) is 31.2 Å². The largest absolute Gasteiger partial charge is 0.490 e. The van der Waals surface area contributed by atoms with Crippen molar-refractivity contribution in [3.05, 3.63) is 27.7 Å². The predicted octanol–water partition coefficient (Wildman–Crippen LogP) is 2.83. The highest BCUT2D eigenvalue weighted by Gasteiger charge is 2.12. The SMILES string of the molecule is CCOc1cc(C=C(C#N)C#N)c(Br)cc1OCC(=O)OC. The summed E-state index contributed by atoms with van der Waals surface area (Å²) >= 11 is 3.33. The van der Waals surface area contributed by atoms with Gasteiger partial charge in [0, 0.05) is 4.47 Å². The van der Waals surface area contributed by atoms with Gasteiger partial charge in [0.25, 0.3) is 0 Å². The highest BCUT2D eigenvalue weighted by molar-refractivity contribution is 9.10. The Labute approximate surface area is 136 Å². The summed E-state index contributed by atoms with van der Waals surface area (Å²) in [5.41, 5.74) is 0.554. The molecule has 0 radical (unpaired) electrons. The van der Waals surface area contributed by atoms with Gasteiger partial charge in [0.1, 0.15) is 17.7 Å². The molecule has 1 rings (SSSR count). The first kappa shape index (κ1) is 17.5. The average molecular weight is 365 g/mol. The summed E-state index contributed by atoms with van der Waals surface area (Å²) in [6.45, 7) is 1.94. The summed E-state index contributed by atoms with van der Waals surface area (Å²) in [4.78, 5) is 11.1. The van der Waals surface area contributed by atoms with Crippen molar-refractivity contribution in [2.45, 2.75) is 6.92 Å². The van der Waals surface area contributed by atoms with Crippen LogP contribution in [0.15, 0.2) is 22.2 Å². The lowest BCUT2D eigenvalue weighted by atomic mass is 10.1. The smallest absolute Gasteiger partial charge is 0.343 e. The standard InChI is InChI=1S/C15H13BrN2O4/c1-3-21-13-5-11(4-10(7-17)8-18)12(16)6-14(13)22-9-15(19)20-2/h4-6H,3,9H2,1-2H3. The second-order valence-electron chi connectivity index (χ2n) is 3.90.